The van der Waals surface area contributed by atoms with Gasteiger partial charge >= 0.3 is 0 Å². The first-order valence-electron chi connectivity index (χ1n) is 8.42. The second-order valence-electron chi connectivity index (χ2n) is 5.80. The lowest BCUT2D eigenvalue weighted by atomic mass is 10.1. The molecule has 0 atom stereocenters. The third-order valence-corrected chi connectivity index (χ3v) is 4.11. The second kappa shape index (κ2) is 9.19. The maximum atomic E-state index is 6.05. The fraction of sp³-hybridized carbons (Fsp3) is 0.182. The van der Waals surface area contributed by atoms with E-state index in [0.29, 0.717) is 13.2 Å². The largest absolute Gasteiger partial charge is 0.485 e. The van der Waals surface area contributed by atoms with Crippen molar-refractivity contribution in [2.24, 2.45) is 0 Å². The van der Waals surface area contributed by atoms with Crippen LogP contribution in [0.3, 0.4) is 0 Å². The summed E-state index contributed by atoms with van der Waals surface area (Å²) in [7, 11) is 0. The second-order valence-corrected chi connectivity index (χ2v) is 6.25. The van der Waals surface area contributed by atoms with Crippen molar-refractivity contribution in [3.63, 3.8) is 0 Å². The molecular formula is C22H22O2S. The van der Waals surface area contributed by atoms with Crippen molar-refractivity contribution in [2.75, 3.05) is 5.75 Å². The van der Waals surface area contributed by atoms with Crippen molar-refractivity contribution in [1.82, 2.24) is 0 Å². The van der Waals surface area contributed by atoms with E-state index in [1.165, 1.54) is 5.56 Å². The van der Waals surface area contributed by atoms with Crippen molar-refractivity contribution in [3.05, 3.63) is 95.6 Å². The molecule has 0 aliphatic rings. The lowest BCUT2D eigenvalue weighted by Crippen LogP contribution is -2.01. The average molecular weight is 350 g/mol. The number of ether oxygens (including phenoxy) is 2. The fourth-order valence-electron chi connectivity index (χ4n) is 2.54. The van der Waals surface area contributed by atoms with E-state index in [1.54, 1.807) is 0 Å². The fourth-order valence-corrected chi connectivity index (χ4v) is 2.80. The molecule has 0 amide bonds. The van der Waals surface area contributed by atoms with Gasteiger partial charge in [-0.2, -0.15) is 12.6 Å². The maximum Gasteiger partial charge on any atom is 0.161 e. The van der Waals surface area contributed by atoms with Gasteiger partial charge in [0.25, 0.3) is 0 Å². The van der Waals surface area contributed by atoms with E-state index >= 15 is 0 Å². The van der Waals surface area contributed by atoms with Gasteiger partial charge in [-0.1, -0.05) is 66.7 Å². The number of hydrogen-bond acceptors (Lipinski definition) is 3. The van der Waals surface area contributed by atoms with Crippen molar-refractivity contribution in [3.8, 4) is 11.5 Å². The summed E-state index contributed by atoms with van der Waals surface area (Å²) >= 11 is 4.32. The van der Waals surface area contributed by atoms with E-state index in [1.807, 2.05) is 42.5 Å². The van der Waals surface area contributed by atoms with Crippen LogP contribution in [-0.4, -0.2) is 5.75 Å². The molecule has 0 aliphatic carbocycles. The Labute approximate surface area is 154 Å². The quantitative estimate of drug-likeness (QED) is 0.555. The first-order chi connectivity index (χ1) is 12.3. The summed E-state index contributed by atoms with van der Waals surface area (Å²) in [6.45, 7) is 1.04. The predicted molar refractivity (Wildman–Crippen MR) is 106 cm³/mol. The third-order valence-electron chi connectivity index (χ3n) is 3.88. The Morgan fingerprint density at radius 2 is 1.16 bits per heavy atom. The van der Waals surface area contributed by atoms with Crippen molar-refractivity contribution in [1.29, 1.82) is 0 Å². The van der Waals surface area contributed by atoms with Gasteiger partial charge in [-0.15, -0.1) is 0 Å². The molecule has 25 heavy (non-hydrogen) atoms. The Morgan fingerprint density at radius 3 is 1.72 bits per heavy atom. The summed E-state index contributed by atoms with van der Waals surface area (Å²) in [5.41, 5.74) is 3.47. The molecule has 3 aromatic carbocycles. The third kappa shape index (κ3) is 5.30. The molecule has 2 nitrogen and oxygen atoms in total. The summed E-state index contributed by atoms with van der Waals surface area (Å²) in [5.74, 6) is 2.35. The van der Waals surface area contributed by atoms with Crippen LogP contribution in [0, 0.1) is 0 Å². The van der Waals surface area contributed by atoms with E-state index in [2.05, 4.69) is 49.0 Å². The minimum atomic E-state index is 0.521. The minimum Gasteiger partial charge on any atom is -0.485 e. The molecule has 0 bridgehead atoms. The number of rotatable bonds is 8. The molecule has 3 aromatic rings. The van der Waals surface area contributed by atoms with E-state index in [-0.39, 0.29) is 0 Å². The van der Waals surface area contributed by atoms with Gasteiger partial charge in [-0.05, 0) is 41.0 Å². The zero-order chi connectivity index (χ0) is 17.3. The highest BCUT2D eigenvalue weighted by Crippen LogP contribution is 2.30. The highest BCUT2D eigenvalue weighted by Gasteiger charge is 2.08. The molecule has 0 heterocycles. The standard InChI is InChI=1S/C22H22O2S/c25-14-13-18-11-12-21(23-16-19-7-3-1-4-8-19)22(15-18)24-17-20-9-5-2-6-10-20/h1-12,15,25H,13-14,16-17H2. The summed E-state index contributed by atoms with van der Waals surface area (Å²) in [6.07, 6.45) is 0.907. The summed E-state index contributed by atoms with van der Waals surface area (Å²) in [6, 6.07) is 26.4. The smallest absolute Gasteiger partial charge is 0.161 e. The molecule has 0 N–H and O–H groups in total. The van der Waals surface area contributed by atoms with Crippen LogP contribution in [0.2, 0.25) is 0 Å². The number of hydrogen-bond donors (Lipinski definition) is 1. The molecule has 0 saturated carbocycles. The van der Waals surface area contributed by atoms with Crippen molar-refractivity contribution in [2.45, 2.75) is 19.6 Å². The highest BCUT2D eigenvalue weighted by atomic mass is 32.1. The van der Waals surface area contributed by atoms with Gasteiger partial charge in [-0.25, -0.2) is 0 Å². The van der Waals surface area contributed by atoms with E-state index in [4.69, 9.17) is 9.47 Å². The SMILES string of the molecule is SCCc1ccc(OCc2ccccc2)c(OCc2ccccc2)c1. The predicted octanol–water partition coefficient (Wildman–Crippen LogP) is 5.32. The highest BCUT2D eigenvalue weighted by molar-refractivity contribution is 7.80. The van der Waals surface area contributed by atoms with Crippen LogP contribution >= 0.6 is 12.6 Å². The van der Waals surface area contributed by atoms with Gasteiger partial charge in [0.2, 0.25) is 0 Å². The topological polar surface area (TPSA) is 18.5 Å². The van der Waals surface area contributed by atoms with Crippen LogP contribution < -0.4 is 9.47 Å². The van der Waals surface area contributed by atoms with Crippen LogP contribution in [0.15, 0.2) is 78.9 Å². The van der Waals surface area contributed by atoms with Crippen LogP contribution in [-0.2, 0) is 19.6 Å². The van der Waals surface area contributed by atoms with E-state index in [9.17, 15) is 0 Å². The lowest BCUT2D eigenvalue weighted by Gasteiger charge is -2.14. The number of aryl methyl sites for hydroxylation is 1. The number of thiol groups is 1. The lowest BCUT2D eigenvalue weighted by molar-refractivity contribution is 0.255. The first-order valence-corrected chi connectivity index (χ1v) is 9.05. The molecule has 3 heteroatoms. The molecule has 0 spiro atoms. The first kappa shape index (κ1) is 17.4. The maximum absolute atomic E-state index is 6.05. The van der Waals surface area contributed by atoms with Gasteiger partial charge in [-0.3, -0.25) is 0 Å². The summed E-state index contributed by atoms with van der Waals surface area (Å²) in [4.78, 5) is 0. The molecule has 3 rings (SSSR count). The molecule has 0 aliphatic heterocycles. The van der Waals surface area contributed by atoms with Gasteiger partial charge in [0.05, 0.1) is 0 Å². The van der Waals surface area contributed by atoms with Gasteiger partial charge in [0.1, 0.15) is 13.2 Å². The van der Waals surface area contributed by atoms with E-state index in [0.717, 1.165) is 34.8 Å². The monoisotopic (exact) mass is 350 g/mol. The number of benzene rings is 3. The van der Waals surface area contributed by atoms with E-state index < -0.39 is 0 Å². The molecule has 0 radical (unpaired) electrons. The van der Waals surface area contributed by atoms with Crippen molar-refractivity contribution < 1.29 is 9.47 Å². The van der Waals surface area contributed by atoms with Gasteiger partial charge < -0.3 is 9.47 Å². The normalized spacial score (nSPS) is 10.4. The zero-order valence-electron chi connectivity index (χ0n) is 14.1. The van der Waals surface area contributed by atoms with Crippen LogP contribution in [0.1, 0.15) is 16.7 Å². The minimum absolute atomic E-state index is 0.521. The van der Waals surface area contributed by atoms with Crippen LogP contribution in [0.25, 0.3) is 0 Å². The summed E-state index contributed by atoms with van der Waals surface area (Å²) < 4.78 is 12.0. The Morgan fingerprint density at radius 1 is 0.600 bits per heavy atom. The van der Waals surface area contributed by atoms with Crippen molar-refractivity contribution >= 4 is 12.6 Å². The molecule has 0 unspecified atom stereocenters. The van der Waals surface area contributed by atoms with Crippen LogP contribution in [0.5, 0.6) is 11.5 Å². The molecule has 128 valence electrons. The van der Waals surface area contributed by atoms with Crippen LogP contribution in [0.4, 0.5) is 0 Å². The van der Waals surface area contributed by atoms with Gasteiger partial charge in [0.15, 0.2) is 11.5 Å². The average Bonchev–Trinajstić information content (AvgIpc) is 2.67. The Balaban J connectivity index is 1.73. The molecular weight excluding hydrogens is 328 g/mol. The Bertz CT molecular complexity index is 773. The zero-order valence-corrected chi connectivity index (χ0v) is 15.0. The Kier molecular flexibility index (Phi) is 6.41. The summed E-state index contributed by atoms with van der Waals surface area (Å²) in [5, 5.41) is 0. The molecule has 0 aromatic heterocycles. The Hall–Kier alpha value is -2.39. The molecule has 0 saturated heterocycles. The van der Waals surface area contributed by atoms with Gasteiger partial charge in [0, 0.05) is 0 Å². The molecule has 0 fully saturated rings.